The molecular formula is C13H17BrN2O2. The number of halogens is 1. The van der Waals surface area contributed by atoms with E-state index in [1.807, 2.05) is 19.9 Å². The van der Waals surface area contributed by atoms with Crippen molar-refractivity contribution in [3.63, 3.8) is 0 Å². The molecule has 0 saturated carbocycles. The predicted molar refractivity (Wildman–Crippen MR) is 74.0 cm³/mol. The first-order valence-corrected chi connectivity index (χ1v) is 6.60. The molecule has 0 aliphatic rings. The minimum Gasteiger partial charge on any atom is -0.368 e. The van der Waals surface area contributed by atoms with Gasteiger partial charge in [-0.15, -0.1) is 0 Å². The number of nitrogens with one attached hydrogen (secondary N) is 1. The van der Waals surface area contributed by atoms with Crippen molar-refractivity contribution in [3.8, 4) is 0 Å². The molecule has 98 valence electrons. The monoisotopic (exact) mass is 312 g/mol. The summed E-state index contributed by atoms with van der Waals surface area (Å²) in [5.41, 5.74) is 5.81. The van der Waals surface area contributed by atoms with E-state index in [-0.39, 0.29) is 11.8 Å². The molecule has 5 heteroatoms. The van der Waals surface area contributed by atoms with Gasteiger partial charge in [0.15, 0.2) is 0 Å². The standard InChI is InChI=1S/C13H17BrN2O2/c1-3-8(2)11(12(15)17)16-13(18)9-5-4-6-10(14)7-9/h4-8,11H,3H2,1-2H3,(H2,15,17)(H,16,18)/t8-,11+/m0/s1. The first kappa shape index (κ1) is 14.7. The number of primary amides is 1. The summed E-state index contributed by atoms with van der Waals surface area (Å²) in [4.78, 5) is 23.3. The fraction of sp³-hybridized carbons (Fsp3) is 0.385. The highest BCUT2D eigenvalue weighted by atomic mass is 79.9. The van der Waals surface area contributed by atoms with Gasteiger partial charge in [0.25, 0.3) is 5.91 Å². The highest BCUT2D eigenvalue weighted by Crippen LogP contribution is 2.13. The van der Waals surface area contributed by atoms with Gasteiger partial charge in [-0.25, -0.2) is 0 Å². The van der Waals surface area contributed by atoms with Crippen LogP contribution < -0.4 is 11.1 Å². The Morgan fingerprint density at radius 1 is 1.44 bits per heavy atom. The van der Waals surface area contributed by atoms with Crippen LogP contribution in [-0.4, -0.2) is 17.9 Å². The van der Waals surface area contributed by atoms with Crippen LogP contribution in [-0.2, 0) is 4.79 Å². The Balaban J connectivity index is 2.82. The molecule has 2 atom stereocenters. The lowest BCUT2D eigenvalue weighted by Gasteiger charge is -2.21. The second-order valence-corrected chi connectivity index (χ2v) is 5.17. The zero-order valence-electron chi connectivity index (χ0n) is 10.4. The molecular weight excluding hydrogens is 296 g/mol. The SMILES string of the molecule is CC[C@H](C)[C@@H](NC(=O)c1cccc(Br)c1)C(N)=O. The third kappa shape index (κ3) is 3.84. The lowest BCUT2D eigenvalue weighted by molar-refractivity contribution is -0.120. The van der Waals surface area contributed by atoms with Crippen LogP contribution in [0.5, 0.6) is 0 Å². The number of carbonyl (C=O) groups is 2. The molecule has 1 aromatic carbocycles. The maximum Gasteiger partial charge on any atom is 0.251 e. The Morgan fingerprint density at radius 3 is 2.61 bits per heavy atom. The van der Waals surface area contributed by atoms with Crippen molar-refractivity contribution in [2.24, 2.45) is 11.7 Å². The van der Waals surface area contributed by atoms with Gasteiger partial charge in [0.1, 0.15) is 6.04 Å². The Morgan fingerprint density at radius 2 is 2.11 bits per heavy atom. The molecule has 0 saturated heterocycles. The largest absolute Gasteiger partial charge is 0.368 e. The number of hydrogen-bond donors (Lipinski definition) is 2. The second-order valence-electron chi connectivity index (χ2n) is 4.25. The van der Waals surface area contributed by atoms with Crippen LogP contribution in [0.1, 0.15) is 30.6 Å². The Hall–Kier alpha value is -1.36. The van der Waals surface area contributed by atoms with Crippen LogP contribution >= 0.6 is 15.9 Å². The van der Waals surface area contributed by atoms with Gasteiger partial charge in [0.05, 0.1) is 0 Å². The molecule has 1 rings (SSSR count). The molecule has 0 bridgehead atoms. The van der Waals surface area contributed by atoms with E-state index in [0.717, 1.165) is 10.9 Å². The van der Waals surface area contributed by atoms with Crippen molar-refractivity contribution in [2.75, 3.05) is 0 Å². The van der Waals surface area contributed by atoms with Crippen LogP contribution in [0.3, 0.4) is 0 Å². The molecule has 0 aliphatic heterocycles. The summed E-state index contributed by atoms with van der Waals surface area (Å²) in [6.45, 7) is 3.84. The molecule has 2 amide bonds. The smallest absolute Gasteiger partial charge is 0.251 e. The van der Waals surface area contributed by atoms with Crippen LogP contribution in [0.4, 0.5) is 0 Å². The molecule has 0 heterocycles. The van der Waals surface area contributed by atoms with E-state index in [4.69, 9.17) is 5.73 Å². The van der Waals surface area contributed by atoms with Crippen LogP contribution in [0, 0.1) is 5.92 Å². The summed E-state index contributed by atoms with van der Waals surface area (Å²) in [6, 6.07) is 6.35. The van der Waals surface area contributed by atoms with Gasteiger partial charge < -0.3 is 11.1 Å². The van der Waals surface area contributed by atoms with Gasteiger partial charge in [-0.1, -0.05) is 42.3 Å². The summed E-state index contributed by atoms with van der Waals surface area (Å²) in [6.07, 6.45) is 0.770. The Bertz CT molecular complexity index is 448. The van der Waals surface area contributed by atoms with Gasteiger partial charge in [-0.05, 0) is 24.1 Å². The van der Waals surface area contributed by atoms with Crippen molar-refractivity contribution in [1.29, 1.82) is 0 Å². The normalized spacial score (nSPS) is 13.7. The van der Waals surface area contributed by atoms with E-state index < -0.39 is 11.9 Å². The summed E-state index contributed by atoms with van der Waals surface area (Å²) in [5, 5.41) is 2.68. The summed E-state index contributed by atoms with van der Waals surface area (Å²) >= 11 is 3.30. The number of benzene rings is 1. The molecule has 0 radical (unpaired) electrons. The first-order valence-electron chi connectivity index (χ1n) is 5.81. The average Bonchev–Trinajstić information content (AvgIpc) is 2.34. The lowest BCUT2D eigenvalue weighted by atomic mass is 9.98. The first-order chi connectivity index (χ1) is 8.45. The molecule has 1 aromatic rings. The van der Waals surface area contributed by atoms with E-state index in [0.29, 0.717) is 5.56 Å². The fourth-order valence-corrected chi connectivity index (χ4v) is 1.98. The average molecular weight is 313 g/mol. The van der Waals surface area contributed by atoms with Gasteiger partial charge in [0, 0.05) is 10.0 Å². The molecule has 4 nitrogen and oxygen atoms in total. The molecule has 0 unspecified atom stereocenters. The summed E-state index contributed by atoms with van der Waals surface area (Å²) in [7, 11) is 0. The molecule has 0 spiro atoms. The molecule has 18 heavy (non-hydrogen) atoms. The fourth-order valence-electron chi connectivity index (χ4n) is 1.58. The maximum atomic E-state index is 12.0. The van der Waals surface area contributed by atoms with Crippen molar-refractivity contribution >= 4 is 27.7 Å². The molecule has 3 N–H and O–H groups in total. The van der Waals surface area contributed by atoms with E-state index in [1.165, 1.54) is 0 Å². The van der Waals surface area contributed by atoms with Gasteiger partial charge in [-0.3, -0.25) is 9.59 Å². The number of amides is 2. The topological polar surface area (TPSA) is 72.2 Å². The number of rotatable bonds is 5. The van der Waals surface area contributed by atoms with Crippen LogP contribution in [0.15, 0.2) is 28.7 Å². The maximum absolute atomic E-state index is 12.0. The summed E-state index contributed by atoms with van der Waals surface area (Å²) in [5.74, 6) is -0.785. The second kappa shape index (κ2) is 6.54. The van der Waals surface area contributed by atoms with Gasteiger partial charge in [0.2, 0.25) is 5.91 Å². The lowest BCUT2D eigenvalue weighted by Crippen LogP contribution is -2.48. The molecule has 0 fully saturated rings. The van der Waals surface area contributed by atoms with Crippen LogP contribution in [0.2, 0.25) is 0 Å². The molecule has 0 aromatic heterocycles. The number of carbonyl (C=O) groups excluding carboxylic acids is 2. The third-order valence-electron chi connectivity index (χ3n) is 2.89. The Kier molecular flexibility index (Phi) is 5.34. The minimum absolute atomic E-state index is 0.0126. The highest BCUT2D eigenvalue weighted by molar-refractivity contribution is 9.10. The van der Waals surface area contributed by atoms with Crippen molar-refractivity contribution < 1.29 is 9.59 Å². The van der Waals surface area contributed by atoms with Crippen molar-refractivity contribution in [3.05, 3.63) is 34.3 Å². The zero-order valence-corrected chi connectivity index (χ0v) is 12.0. The number of nitrogens with two attached hydrogens (primary N) is 1. The van der Waals surface area contributed by atoms with E-state index in [1.54, 1.807) is 18.2 Å². The molecule has 0 aliphatic carbocycles. The van der Waals surface area contributed by atoms with E-state index in [2.05, 4.69) is 21.2 Å². The van der Waals surface area contributed by atoms with Crippen LogP contribution in [0.25, 0.3) is 0 Å². The number of hydrogen-bond acceptors (Lipinski definition) is 2. The van der Waals surface area contributed by atoms with Crippen molar-refractivity contribution in [1.82, 2.24) is 5.32 Å². The van der Waals surface area contributed by atoms with E-state index >= 15 is 0 Å². The minimum atomic E-state index is -0.638. The summed E-state index contributed by atoms with van der Waals surface area (Å²) < 4.78 is 0.814. The van der Waals surface area contributed by atoms with E-state index in [9.17, 15) is 9.59 Å². The predicted octanol–water partition coefficient (Wildman–Crippen LogP) is 2.08. The third-order valence-corrected chi connectivity index (χ3v) is 3.39. The van der Waals surface area contributed by atoms with Gasteiger partial charge >= 0.3 is 0 Å². The quantitative estimate of drug-likeness (QED) is 0.873. The van der Waals surface area contributed by atoms with Gasteiger partial charge in [-0.2, -0.15) is 0 Å². The zero-order chi connectivity index (χ0) is 13.7. The Labute approximate surface area is 115 Å². The van der Waals surface area contributed by atoms with Crippen molar-refractivity contribution in [2.45, 2.75) is 26.3 Å². The highest BCUT2D eigenvalue weighted by Gasteiger charge is 2.23.